The van der Waals surface area contributed by atoms with Gasteiger partial charge in [0.15, 0.2) is 5.78 Å². The zero-order chi connectivity index (χ0) is 8.97. The smallest absolute Gasteiger partial charge is 0.184 e. The van der Waals surface area contributed by atoms with Crippen molar-refractivity contribution in [3.05, 3.63) is 23.8 Å². The lowest BCUT2D eigenvalue weighted by molar-refractivity contribution is 0.0980. The maximum absolute atomic E-state index is 11.2. The third-order valence-electron chi connectivity index (χ3n) is 1.44. The van der Waals surface area contributed by atoms with Gasteiger partial charge in [-0.05, 0) is 13.5 Å². The molecule has 1 rings (SSSR count). The molecule has 0 aliphatic heterocycles. The van der Waals surface area contributed by atoms with Crippen molar-refractivity contribution in [3.8, 4) is 0 Å². The Labute approximate surface area is 70.8 Å². The van der Waals surface area contributed by atoms with Crippen LogP contribution in [-0.4, -0.2) is 22.3 Å². The second-order valence-electron chi connectivity index (χ2n) is 2.50. The molecule has 0 aliphatic carbocycles. The van der Waals surface area contributed by atoms with Crippen LogP contribution in [0.3, 0.4) is 0 Å². The summed E-state index contributed by atoms with van der Waals surface area (Å²) >= 11 is 0. The third-order valence-corrected chi connectivity index (χ3v) is 1.44. The number of hydrogen-bond acceptors (Lipinski definition) is 4. The van der Waals surface area contributed by atoms with Crippen molar-refractivity contribution in [2.24, 2.45) is 5.73 Å². The van der Waals surface area contributed by atoms with Gasteiger partial charge < -0.3 is 5.73 Å². The number of rotatable bonds is 3. The molecule has 2 N–H and O–H groups in total. The van der Waals surface area contributed by atoms with Gasteiger partial charge in [0.25, 0.3) is 0 Å². The van der Waals surface area contributed by atoms with E-state index in [1.165, 1.54) is 6.20 Å². The van der Waals surface area contributed by atoms with E-state index in [1.54, 1.807) is 6.20 Å². The fourth-order valence-corrected chi connectivity index (χ4v) is 0.796. The van der Waals surface area contributed by atoms with Crippen LogP contribution in [0.15, 0.2) is 12.4 Å². The van der Waals surface area contributed by atoms with E-state index in [0.717, 1.165) is 5.69 Å². The van der Waals surface area contributed by atoms with Crippen LogP contribution < -0.4 is 5.73 Å². The summed E-state index contributed by atoms with van der Waals surface area (Å²) < 4.78 is 0. The predicted octanol–water partition coefficient (Wildman–Crippen LogP) is 0.317. The maximum Gasteiger partial charge on any atom is 0.184 e. The molecule has 12 heavy (non-hydrogen) atoms. The summed E-state index contributed by atoms with van der Waals surface area (Å²) in [4.78, 5) is 19.1. The Morgan fingerprint density at radius 2 is 2.25 bits per heavy atom. The number of aryl methyl sites for hydroxylation is 1. The number of Topliss-reactive ketones (excluding diaryl/α,β-unsaturated/α-hetero) is 1. The first-order valence-corrected chi connectivity index (χ1v) is 3.76. The van der Waals surface area contributed by atoms with E-state index in [-0.39, 0.29) is 5.78 Å². The van der Waals surface area contributed by atoms with Gasteiger partial charge >= 0.3 is 0 Å². The number of ketones is 1. The van der Waals surface area contributed by atoms with Crippen LogP contribution in [0, 0.1) is 6.92 Å². The number of carbonyl (C=O) groups is 1. The van der Waals surface area contributed by atoms with E-state index >= 15 is 0 Å². The highest BCUT2D eigenvalue weighted by atomic mass is 16.1. The van der Waals surface area contributed by atoms with Crippen LogP contribution in [0.4, 0.5) is 0 Å². The first-order valence-electron chi connectivity index (χ1n) is 3.76. The Kier molecular flexibility index (Phi) is 2.88. The fraction of sp³-hybridized carbons (Fsp3) is 0.375. The van der Waals surface area contributed by atoms with Gasteiger partial charge in [0, 0.05) is 12.6 Å². The van der Waals surface area contributed by atoms with Crippen LogP contribution in [0.1, 0.15) is 22.6 Å². The van der Waals surface area contributed by atoms with Gasteiger partial charge in [-0.2, -0.15) is 0 Å². The highest BCUT2D eigenvalue weighted by Gasteiger charge is 2.05. The van der Waals surface area contributed by atoms with Gasteiger partial charge in [0.05, 0.1) is 11.9 Å². The van der Waals surface area contributed by atoms with Gasteiger partial charge in [0.2, 0.25) is 0 Å². The van der Waals surface area contributed by atoms with Crippen molar-refractivity contribution in [2.45, 2.75) is 13.3 Å². The second kappa shape index (κ2) is 3.92. The van der Waals surface area contributed by atoms with E-state index in [4.69, 9.17) is 5.73 Å². The lowest BCUT2D eigenvalue weighted by atomic mass is 10.2. The molecular formula is C8H11N3O. The largest absolute Gasteiger partial charge is 0.330 e. The number of aromatic nitrogens is 2. The number of nitrogens with zero attached hydrogens (tertiary/aromatic N) is 2. The Morgan fingerprint density at radius 3 is 2.75 bits per heavy atom. The van der Waals surface area contributed by atoms with Crippen molar-refractivity contribution >= 4 is 5.78 Å². The van der Waals surface area contributed by atoms with Crippen molar-refractivity contribution < 1.29 is 4.79 Å². The lowest BCUT2D eigenvalue weighted by Gasteiger charge is -1.96. The molecular weight excluding hydrogens is 154 g/mol. The van der Waals surface area contributed by atoms with Crippen molar-refractivity contribution in [1.82, 2.24) is 9.97 Å². The molecule has 1 aromatic heterocycles. The minimum atomic E-state index is -0.0509. The zero-order valence-corrected chi connectivity index (χ0v) is 6.95. The number of nitrogens with two attached hydrogens (primary N) is 1. The first kappa shape index (κ1) is 8.80. The summed E-state index contributed by atoms with van der Waals surface area (Å²) in [5.41, 5.74) is 6.43. The number of hydrogen-bond donors (Lipinski definition) is 1. The molecule has 0 fully saturated rings. The summed E-state index contributed by atoms with van der Waals surface area (Å²) in [5.74, 6) is -0.0509. The first-order chi connectivity index (χ1) is 5.74. The summed E-state index contributed by atoms with van der Waals surface area (Å²) in [6.07, 6.45) is 3.38. The van der Waals surface area contributed by atoms with Crippen LogP contribution in [0.2, 0.25) is 0 Å². The molecule has 1 heterocycles. The van der Waals surface area contributed by atoms with E-state index < -0.39 is 0 Å². The van der Waals surface area contributed by atoms with Crippen LogP contribution in [0.25, 0.3) is 0 Å². The molecule has 0 unspecified atom stereocenters. The SMILES string of the molecule is Cc1cnc(C(=O)CCN)cn1. The summed E-state index contributed by atoms with van der Waals surface area (Å²) in [6.45, 7) is 2.18. The molecule has 4 nitrogen and oxygen atoms in total. The zero-order valence-electron chi connectivity index (χ0n) is 6.95. The normalized spacial score (nSPS) is 9.83. The monoisotopic (exact) mass is 165 g/mol. The quantitative estimate of drug-likeness (QED) is 0.655. The van der Waals surface area contributed by atoms with Crippen molar-refractivity contribution in [3.63, 3.8) is 0 Å². The van der Waals surface area contributed by atoms with Crippen LogP contribution in [-0.2, 0) is 0 Å². The standard InChI is InChI=1S/C8H11N3O/c1-6-4-11-7(5-10-6)8(12)2-3-9/h4-5H,2-3,9H2,1H3. The molecule has 0 bridgehead atoms. The molecule has 0 saturated carbocycles. The van der Waals surface area contributed by atoms with Gasteiger partial charge in [-0.15, -0.1) is 0 Å². The molecule has 0 radical (unpaired) electrons. The Bertz CT molecular complexity index is 268. The van der Waals surface area contributed by atoms with E-state index in [0.29, 0.717) is 18.7 Å². The minimum absolute atomic E-state index is 0.0509. The van der Waals surface area contributed by atoms with Gasteiger partial charge in [0.1, 0.15) is 5.69 Å². The molecule has 0 spiro atoms. The molecule has 0 aliphatic rings. The maximum atomic E-state index is 11.2. The van der Waals surface area contributed by atoms with Crippen molar-refractivity contribution in [1.29, 1.82) is 0 Å². The third kappa shape index (κ3) is 2.10. The van der Waals surface area contributed by atoms with E-state index in [2.05, 4.69) is 9.97 Å². The predicted molar refractivity (Wildman–Crippen MR) is 44.8 cm³/mol. The highest BCUT2D eigenvalue weighted by Crippen LogP contribution is 1.97. The summed E-state index contributed by atoms with van der Waals surface area (Å²) in [7, 11) is 0. The molecule has 0 amide bonds. The molecule has 1 aromatic rings. The number of carbonyl (C=O) groups excluding carboxylic acids is 1. The summed E-state index contributed by atoms with van der Waals surface area (Å²) in [5, 5.41) is 0. The Balaban J connectivity index is 2.75. The summed E-state index contributed by atoms with van der Waals surface area (Å²) in [6, 6.07) is 0. The van der Waals surface area contributed by atoms with Crippen LogP contribution in [0.5, 0.6) is 0 Å². The highest BCUT2D eigenvalue weighted by molar-refractivity contribution is 5.93. The van der Waals surface area contributed by atoms with Crippen LogP contribution >= 0.6 is 0 Å². The molecule has 0 atom stereocenters. The van der Waals surface area contributed by atoms with Gasteiger partial charge in [-0.25, -0.2) is 4.98 Å². The molecule has 4 heteroatoms. The molecule has 0 aromatic carbocycles. The van der Waals surface area contributed by atoms with Gasteiger partial charge in [-0.1, -0.05) is 0 Å². The minimum Gasteiger partial charge on any atom is -0.330 e. The lowest BCUT2D eigenvalue weighted by Crippen LogP contribution is -2.10. The average Bonchev–Trinajstić information content (AvgIpc) is 2.06. The fourth-order valence-electron chi connectivity index (χ4n) is 0.796. The Hall–Kier alpha value is -1.29. The topological polar surface area (TPSA) is 68.9 Å². The molecule has 64 valence electrons. The molecule has 0 saturated heterocycles. The van der Waals surface area contributed by atoms with E-state index in [9.17, 15) is 4.79 Å². The van der Waals surface area contributed by atoms with E-state index in [1.807, 2.05) is 6.92 Å². The van der Waals surface area contributed by atoms with Crippen molar-refractivity contribution in [2.75, 3.05) is 6.54 Å². The van der Waals surface area contributed by atoms with Gasteiger partial charge in [-0.3, -0.25) is 9.78 Å². The Morgan fingerprint density at radius 1 is 1.50 bits per heavy atom. The second-order valence-corrected chi connectivity index (χ2v) is 2.50. The average molecular weight is 165 g/mol.